The number of hydrogen-bond donors (Lipinski definition) is 7. The number of Topliss-reactive ketones (excluding diaryl/α,β-unsaturated/α-hetero) is 2. The Balaban J connectivity index is 0.000000741. The first-order valence-electron chi connectivity index (χ1n) is 36.0. The summed E-state index contributed by atoms with van der Waals surface area (Å²) in [7, 11) is 5.66. The number of para-hydroxylation sites is 1. The molecule has 3 aliphatic heterocycles. The number of fused-ring (bicyclic) bond motifs is 4. The maximum Gasteiger partial charge on any atom is 0.347 e. The van der Waals surface area contributed by atoms with Crippen LogP contribution in [0.15, 0.2) is 69.9 Å². The van der Waals surface area contributed by atoms with Crippen LogP contribution in [-0.2, 0) is 57.4 Å². The second kappa shape index (κ2) is 34.2. The lowest BCUT2D eigenvalue weighted by atomic mass is 9.83. The molecule has 107 heavy (non-hydrogen) atoms. The highest BCUT2D eigenvalue weighted by Crippen LogP contribution is 2.39. The fourth-order valence-corrected chi connectivity index (χ4v) is 14.5. The highest BCUT2D eigenvalue weighted by atomic mass is 16.6. The number of nitrogens with two attached hydrogens (primary N) is 2. The number of hydrogen-bond acceptors (Lipinski definition) is 22. The summed E-state index contributed by atoms with van der Waals surface area (Å²) < 4.78 is 23.4. The van der Waals surface area contributed by atoms with E-state index in [1.54, 1.807) is 86.6 Å². The van der Waals surface area contributed by atoms with Crippen LogP contribution in [0.2, 0.25) is 0 Å². The lowest BCUT2D eigenvalue weighted by Gasteiger charge is -2.35. The van der Waals surface area contributed by atoms with Crippen LogP contribution in [-0.4, -0.2) is 196 Å². The third kappa shape index (κ3) is 17.9. The molecular formula is C77H99N11O19. The Morgan fingerprint density at radius 3 is 1.50 bits per heavy atom. The number of ketones is 2. The molecule has 3 aromatic carbocycles. The number of carbonyl (C=O) groups excluding carboxylic acids is 13. The number of likely N-dealkylation sites (N-methyl/N-ethyl adjacent to an activating group) is 4. The van der Waals surface area contributed by atoms with Crippen LogP contribution in [0.3, 0.4) is 0 Å². The normalized spacial score (nSPS) is 25.0. The number of benzene rings is 4. The summed E-state index contributed by atoms with van der Waals surface area (Å²) in [5.74, 6) is -15.3. The van der Waals surface area contributed by atoms with E-state index in [1.807, 2.05) is 6.07 Å². The molecule has 12 atom stereocenters. The zero-order valence-electron chi connectivity index (χ0n) is 63.4. The Morgan fingerprint density at radius 2 is 1.05 bits per heavy atom. The molecule has 8 amide bonds. The number of amides is 8. The second-order valence-electron chi connectivity index (χ2n) is 29.7. The summed E-state index contributed by atoms with van der Waals surface area (Å²) in [6.07, 6.45) is -0.654. The van der Waals surface area contributed by atoms with Crippen LogP contribution in [0.1, 0.15) is 150 Å². The fraction of sp³-hybridized carbons (Fsp3) is 0.519. The lowest BCUT2D eigenvalue weighted by molar-refractivity contribution is -0.163. The number of aromatic nitrogens is 1. The van der Waals surface area contributed by atoms with Crippen molar-refractivity contribution >= 4 is 99.2 Å². The second-order valence-corrected chi connectivity index (χ2v) is 29.7. The summed E-state index contributed by atoms with van der Waals surface area (Å²) in [5, 5.41) is 20.4. The number of nitrogen functional groups attached to an aromatic ring is 2. The van der Waals surface area contributed by atoms with Crippen LogP contribution in [0.25, 0.3) is 22.6 Å². The van der Waals surface area contributed by atoms with Crippen molar-refractivity contribution < 1.29 is 86.1 Å². The zero-order valence-corrected chi connectivity index (χ0v) is 63.4. The Morgan fingerprint density at radius 1 is 0.598 bits per heavy atom. The maximum atomic E-state index is 15.2. The van der Waals surface area contributed by atoms with Gasteiger partial charge in [0, 0.05) is 69.2 Å². The van der Waals surface area contributed by atoms with Gasteiger partial charge >= 0.3 is 17.9 Å². The minimum Gasteiger partial charge on any atom is -0.507 e. The lowest BCUT2D eigenvalue weighted by Crippen LogP contribution is -2.59. The Hall–Kier alpha value is -10.8. The van der Waals surface area contributed by atoms with E-state index in [1.165, 1.54) is 89.1 Å². The number of nitrogens with zero attached hydrogens (tertiary/aromatic N) is 5. The summed E-state index contributed by atoms with van der Waals surface area (Å²) in [5.41, 5.74) is 9.61. The van der Waals surface area contributed by atoms with Gasteiger partial charge in [-0.25, -0.2) is 19.4 Å². The average Bonchev–Trinajstić information content (AvgIpc) is 1.36. The molecule has 576 valence electrons. The van der Waals surface area contributed by atoms with Gasteiger partial charge in [0.2, 0.25) is 40.9 Å². The van der Waals surface area contributed by atoms with Gasteiger partial charge in [-0.2, -0.15) is 0 Å². The number of anilines is 2. The van der Waals surface area contributed by atoms with Crippen LogP contribution in [0, 0.1) is 61.2 Å². The molecule has 9 rings (SSSR count). The molecule has 30 heteroatoms. The number of rotatable bonds is 10. The molecule has 12 unspecified atom stereocenters. The molecule has 3 aliphatic carbocycles. The summed E-state index contributed by atoms with van der Waals surface area (Å²) in [6.45, 7) is 18.3. The molecule has 0 radical (unpaired) electrons. The predicted molar refractivity (Wildman–Crippen MR) is 392 cm³/mol. The van der Waals surface area contributed by atoms with Crippen LogP contribution in [0.4, 0.5) is 11.4 Å². The third-order valence-corrected chi connectivity index (χ3v) is 20.6. The summed E-state index contributed by atoms with van der Waals surface area (Å²) in [4.78, 5) is 209. The number of cyclic esters (lactones) is 2. The fourth-order valence-electron chi connectivity index (χ4n) is 14.5. The van der Waals surface area contributed by atoms with Crippen molar-refractivity contribution in [3.63, 3.8) is 0 Å². The smallest absolute Gasteiger partial charge is 0.347 e. The van der Waals surface area contributed by atoms with E-state index in [0.717, 1.165) is 9.80 Å². The number of nitrogens with one attached hydrogen (secondary N) is 4. The van der Waals surface area contributed by atoms with Crippen LogP contribution >= 0.6 is 0 Å². The first kappa shape index (κ1) is 81.9. The molecule has 2 saturated carbocycles. The van der Waals surface area contributed by atoms with Crippen molar-refractivity contribution in [3.8, 4) is 23.0 Å². The van der Waals surface area contributed by atoms with Gasteiger partial charge in [0.15, 0.2) is 22.9 Å². The molecular weight excluding hydrogens is 1380 g/mol. The van der Waals surface area contributed by atoms with Crippen molar-refractivity contribution in [1.29, 1.82) is 0 Å². The standard InChI is InChI=1S/C64H88N10O16.C13H11NO3/c1-27(2)44-53(78)35-19-17-21-37(35)61(84)71(13)25-40(75)73(15)50(29(5)6)63(86)88-33(11)46(59(82)67-44)69-57(80)39-24-23-31(9)55-48(39)66-49-42(43(65)52(77)32(10)56(49)90-55)58(81)70-47-34(12)89-64(87)51(30(7)8)74(16)41(76)26-72(14)62(85)38-22-18-20-36(38)54(79)45(28(3)4)68-60(47)83;14-9-6-7-11(12(15)8-9)13(16)17-10-4-2-1-3-5-10/h23-24,27-30,33-38,44-47,50-51H,17-22,25-26,65H2,1-16H3,(H,67,82)(H,68,83)(H,69,80)(H,70,81);1-8,15H,14H2. The van der Waals surface area contributed by atoms with Crippen molar-refractivity contribution in [2.24, 2.45) is 47.3 Å². The van der Waals surface area contributed by atoms with Gasteiger partial charge in [0.05, 0.1) is 42.0 Å². The van der Waals surface area contributed by atoms with E-state index in [2.05, 4.69) is 21.3 Å². The van der Waals surface area contributed by atoms with Crippen molar-refractivity contribution in [3.05, 3.63) is 98.7 Å². The number of ether oxygens (including phenoxy) is 3. The largest absolute Gasteiger partial charge is 0.507 e. The van der Waals surface area contributed by atoms with Crippen molar-refractivity contribution in [2.75, 3.05) is 52.7 Å². The molecule has 0 spiro atoms. The van der Waals surface area contributed by atoms with Crippen LogP contribution < -0.4 is 42.9 Å². The highest BCUT2D eigenvalue weighted by Gasteiger charge is 2.48. The van der Waals surface area contributed by atoms with Gasteiger partial charge in [-0.15, -0.1) is 0 Å². The summed E-state index contributed by atoms with van der Waals surface area (Å²) >= 11 is 0. The number of phenols is 1. The topological polar surface area (TPSA) is 426 Å². The molecule has 9 N–H and O–H groups in total. The monoisotopic (exact) mass is 1480 g/mol. The zero-order chi connectivity index (χ0) is 79.2. The molecule has 6 aliphatic rings. The highest BCUT2D eigenvalue weighted by molar-refractivity contribution is 6.11. The quantitative estimate of drug-likeness (QED) is 0.0423. The Kier molecular flexibility index (Phi) is 26.1. The van der Waals surface area contributed by atoms with Gasteiger partial charge in [0.25, 0.3) is 11.8 Å². The number of carbonyl (C=O) groups is 13. The molecule has 0 aromatic heterocycles. The number of phenolic OH excluding ortho intramolecular Hbond substituents is 1. The molecule has 0 bridgehead atoms. The first-order valence-corrected chi connectivity index (χ1v) is 36.0. The predicted octanol–water partition coefficient (Wildman–Crippen LogP) is 4.91. The SMILES string of the molecule is Cc1c2oc3c(C)ccc(C(=O)NC4C(=O)NC(C(C)C)C(=O)C5CCCC5C(=O)N(C)CC(=O)N(C)C(C(C)C)C(=O)OC4C)c3nc-2c(C(=O)NC2C(=O)NC(C(C)C)C(=O)C3CCCC3C(=O)N(C)CC(=O)N(C)C(C(C)C)C(=O)OC2C)c(N)c1=O.Nc1ccc(C(=O)Oc2ccccc2)c(O)c1. The van der Waals surface area contributed by atoms with Crippen molar-refractivity contribution in [1.82, 2.24) is 45.9 Å². The number of aromatic hydroxyl groups is 1. The van der Waals surface area contributed by atoms with Gasteiger partial charge < -0.3 is 76.1 Å². The van der Waals surface area contributed by atoms with E-state index in [-0.39, 0.29) is 45.0 Å². The van der Waals surface area contributed by atoms with Gasteiger partial charge in [-0.1, -0.05) is 92.5 Å². The molecule has 4 fully saturated rings. The Labute approximate surface area is 620 Å². The van der Waals surface area contributed by atoms with Gasteiger partial charge in [-0.3, -0.25) is 52.7 Å². The first-order chi connectivity index (χ1) is 50.3. The van der Waals surface area contributed by atoms with E-state index >= 15 is 9.59 Å². The van der Waals surface area contributed by atoms with E-state index in [4.69, 9.17) is 35.1 Å². The van der Waals surface area contributed by atoms with Gasteiger partial charge in [-0.05, 0) is 113 Å². The van der Waals surface area contributed by atoms with E-state index in [9.17, 15) is 62.6 Å². The van der Waals surface area contributed by atoms with Crippen molar-refractivity contribution in [2.45, 2.75) is 170 Å². The van der Waals surface area contributed by atoms with Crippen LogP contribution in [0.5, 0.6) is 11.5 Å². The molecule has 30 nitrogen and oxygen atoms in total. The van der Waals surface area contributed by atoms with E-state index < -0.39 is 202 Å². The minimum atomic E-state index is -1.86. The minimum absolute atomic E-state index is 0.0668. The molecule has 3 aromatic rings. The maximum absolute atomic E-state index is 15.2. The number of esters is 3. The molecule has 3 heterocycles. The average molecular weight is 1480 g/mol. The van der Waals surface area contributed by atoms with E-state index in [0.29, 0.717) is 55.5 Å². The third-order valence-electron chi connectivity index (χ3n) is 20.6. The molecule has 2 saturated heterocycles. The Bertz CT molecular complexity index is 4330. The van der Waals surface area contributed by atoms with Gasteiger partial charge in [0.1, 0.15) is 64.6 Å². The number of aryl methyl sites for hydroxylation is 1. The summed E-state index contributed by atoms with van der Waals surface area (Å²) in [6, 6.07) is 7.19.